The average molecular weight is 225 g/mol. The van der Waals surface area contributed by atoms with Gasteiger partial charge in [-0.05, 0) is 0 Å². The van der Waals surface area contributed by atoms with E-state index < -0.39 is 16.2 Å². The van der Waals surface area contributed by atoms with Crippen molar-refractivity contribution in [2.45, 2.75) is 0 Å². The minimum atomic E-state index is -1.75. The zero-order chi connectivity index (χ0) is 10.7. The third kappa shape index (κ3) is 525. The minimum Gasteiger partial charge on any atom is -0.356 e. The first-order chi connectivity index (χ1) is 5.20. The van der Waals surface area contributed by atoms with Crippen molar-refractivity contribution in [2.75, 3.05) is 0 Å². The maximum absolute atomic E-state index is 9.00. The molecule has 0 rings (SSSR count). The maximum atomic E-state index is 9.00. The van der Waals surface area contributed by atoms with Crippen molar-refractivity contribution >= 4 is 6.03 Å². The average Bonchev–Trinajstić information content (AvgIpc) is 1.54. The van der Waals surface area contributed by atoms with E-state index in [0.717, 1.165) is 0 Å². The van der Waals surface area contributed by atoms with Gasteiger partial charge in [-0.1, -0.05) is 0 Å². The molecule has 14 heavy (non-hydrogen) atoms. The van der Waals surface area contributed by atoms with Crippen molar-refractivity contribution < 1.29 is 49.7 Å². The molecule has 0 aromatic carbocycles. The fourth-order valence-electron chi connectivity index (χ4n) is 0. The van der Waals surface area contributed by atoms with Gasteiger partial charge in [0.15, 0.2) is 0 Å². The Morgan fingerprint density at radius 1 is 1.14 bits per heavy atom. The molecule has 0 heterocycles. The van der Waals surface area contributed by atoms with Gasteiger partial charge in [-0.2, -0.15) is 0 Å². The Hall–Kier alpha value is -1.37. The molecule has 8 N–H and O–H groups in total. The summed E-state index contributed by atoms with van der Waals surface area (Å²) in [6.45, 7) is 0. The second kappa shape index (κ2) is 22.6. The Morgan fingerprint density at radius 3 is 1.14 bits per heavy atom. The van der Waals surface area contributed by atoms with Crippen LogP contribution in [0, 0.1) is 25.4 Å². The molecule has 0 aliphatic carbocycles. The summed E-state index contributed by atoms with van der Waals surface area (Å²) in [7, 11) is 0. The van der Waals surface area contributed by atoms with E-state index in [1.165, 1.54) is 0 Å². The molecule has 0 radical (unpaired) electrons. The fraction of sp³-hybridized carbons (Fsp3) is 0. The molecule has 2 amide bonds. The number of nitrogens with two attached hydrogens (primary N) is 2. The van der Waals surface area contributed by atoms with Gasteiger partial charge in [-0.25, -0.2) is 4.79 Å². The van der Waals surface area contributed by atoms with Crippen LogP contribution in [0.25, 0.3) is 0 Å². The number of rotatable bonds is 0. The largest absolute Gasteiger partial charge is 1.00 e. The van der Waals surface area contributed by atoms with Crippen molar-refractivity contribution in [1.82, 2.24) is 6.15 Å². The first-order valence-electron chi connectivity index (χ1n) is 1.89. The number of amides is 2. The van der Waals surface area contributed by atoms with E-state index in [-0.39, 0.29) is 35.7 Å². The van der Waals surface area contributed by atoms with E-state index in [2.05, 4.69) is 11.5 Å². The Kier molecular flexibility index (Phi) is 47.3. The fourth-order valence-corrected chi connectivity index (χ4v) is 0. The summed E-state index contributed by atoms with van der Waals surface area (Å²) < 4.78 is 0. The van der Waals surface area contributed by atoms with Crippen LogP contribution in [-0.2, 0) is 0 Å². The monoisotopic (exact) mass is 225 g/mol. The molecule has 0 saturated heterocycles. The molecule has 12 nitrogen and oxygen atoms in total. The Balaban J connectivity index is -0.0000000270. The Labute approximate surface area is 98.9 Å². The summed E-state index contributed by atoms with van der Waals surface area (Å²) in [4.78, 5) is 25.6. The topological polar surface area (TPSA) is 234 Å². The summed E-state index contributed by atoms with van der Waals surface area (Å²) in [6.07, 6.45) is 0. The van der Waals surface area contributed by atoms with E-state index in [1.807, 2.05) is 0 Å². The van der Waals surface area contributed by atoms with Gasteiger partial charge in [0.2, 0.25) is 0 Å². The third-order valence-corrected chi connectivity index (χ3v) is 0. The second-order valence-corrected chi connectivity index (χ2v) is 0.864. The van der Waals surface area contributed by atoms with Crippen LogP contribution >= 0.6 is 0 Å². The molecule has 0 aromatic rings. The quantitative estimate of drug-likeness (QED) is 0.178. The summed E-state index contributed by atoms with van der Waals surface area (Å²) in [5.41, 5.74) is 8.50. The zero-order valence-electron chi connectivity index (χ0n) is 7.15. The molecule has 13 heteroatoms. The van der Waals surface area contributed by atoms with Crippen LogP contribution in [0.1, 0.15) is 0 Å². The molecule has 0 fully saturated rings. The molecule has 0 aromatic heterocycles. The predicted octanol–water partition coefficient (Wildman–Crippen LogP) is -4.40. The number of hydrogen-bond donors (Lipinski definition) is 4. The molecule has 0 spiro atoms. The van der Waals surface area contributed by atoms with Crippen molar-refractivity contribution in [3.05, 3.63) is 25.4 Å². The van der Waals surface area contributed by atoms with Crippen molar-refractivity contribution in [3.8, 4) is 0 Å². The normalized spacial score (nSPS) is 5.14. The van der Waals surface area contributed by atoms with E-state index >= 15 is 0 Å². The number of primary amides is 2. The second-order valence-electron chi connectivity index (χ2n) is 0.864. The summed E-state index contributed by atoms with van der Waals surface area (Å²) in [5, 5.41) is 28.4. The van der Waals surface area contributed by atoms with E-state index in [0.29, 0.717) is 0 Å². The molecular formula is CH8N5NaO7. The van der Waals surface area contributed by atoms with Gasteiger partial charge in [-0.15, -0.1) is 10.1 Å². The number of hydrogen-bond acceptors (Lipinski definition) is 7. The van der Waals surface area contributed by atoms with Gasteiger partial charge >= 0.3 is 35.6 Å². The molecule has 0 bridgehead atoms. The van der Waals surface area contributed by atoms with E-state index in [1.54, 1.807) is 0 Å². The number of carbonyl (C=O) groups excluding carboxylic acids is 1. The number of carbonyl (C=O) groups is 1. The van der Waals surface area contributed by atoms with Crippen LogP contribution in [0.4, 0.5) is 4.79 Å². The number of nitrogens with zero attached hydrogens (tertiary/aromatic N) is 2. The predicted molar refractivity (Wildman–Crippen MR) is 37.9 cm³/mol. The molecule has 80 valence electrons. The summed E-state index contributed by atoms with van der Waals surface area (Å²) in [5.74, 6) is 0. The van der Waals surface area contributed by atoms with Gasteiger partial charge in [0.05, 0.1) is 5.09 Å². The van der Waals surface area contributed by atoms with Crippen LogP contribution in [0.15, 0.2) is 0 Å². The van der Waals surface area contributed by atoms with Gasteiger partial charge in [0.25, 0.3) is 5.09 Å². The first kappa shape index (κ1) is 29.3. The first-order valence-corrected chi connectivity index (χ1v) is 1.89. The van der Waals surface area contributed by atoms with Crippen LogP contribution in [0.5, 0.6) is 0 Å². The molecule has 0 atom stereocenters. The van der Waals surface area contributed by atoms with Crippen molar-refractivity contribution in [1.29, 1.82) is 0 Å². The zero-order valence-corrected chi connectivity index (χ0v) is 9.15. The molecule has 0 aliphatic rings. The number of urea groups is 1. The van der Waals surface area contributed by atoms with Gasteiger partial charge < -0.3 is 38.1 Å². The van der Waals surface area contributed by atoms with Gasteiger partial charge in [0.1, 0.15) is 0 Å². The Morgan fingerprint density at radius 2 is 1.14 bits per heavy atom. The van der Waals surface area contributed by atoms with Gasteiger partial charge in [-0.3, -0.25) is 0 Å². The standard InChI is InChI=1S/CH4N2O.HNO3.NO3.H3N.Na/c3*2-1(3)4;;/h(H4,2,3,4);(H,2,3,4);;1H3;/q;;-1;;+1. The molecular weight excluding hydrogens is 217 g/mol. The van der Waals surface area contributed by atoms with Crippen LogP contribution in [-0.4, -0.2) is 21.4 Å². The van der Waals surface area contributed by atoms with Gasteiger partial charge in [0, 0.05) is 0 Å². The Bertz CT molecular complexity index is 120. The summed E-state index contributed by atoms with van der Waals surface area (Å²) in [6, 6.07) is -0.833. The minimum absolute atomic E-state index is 0. The van der Waals surface area contributed by atoms with E-state index in [9.17, 15) is 0 Å². The molecule has 0 aliphatic heterocycles. The maximum Gasteiger partial charge on any atom is 1.00 e. The van der Waals surface area contributed by atoms with Crippen LogP contribution in [0.3, 0.4) is 0 Å². The third-order valence-electron chi connectivity index (χ3n) is 0. The smallest absolute Gasteiger partial charge is 0.356 e. The van der Waals surface area contributed by atoms with Crippen molar-refractivity contribution in [2.24, 2.45) is 11.5 Å². The summed E-state index contributed by atoms with van der Waals surface area (Å²) >= 11 is 0. The van der Waals surface area contributed by atoms with E-state index in [4.69, 9.17) is 35.4 Å². The van der Waals surface area contributed by atoms with Crippen molar-refractivity contribution in [3.63, 3.8) is 0 Å². The van der Waals surface area contributed by atoms with Crippen LogP contribution in [0.2, 0.25) is 0 Å². The SMILES string of the molecule is N.NC(N)=O.O=[N+]([O-])O.O=[N+]([O-])[O-].[Na+]. The molecule has 0 saturated carbocycles. The van der Waals surface area contributed by atoms with Crippen LogP contribution < -0.4 is 47.2 Å². The molecule has 0 unspecified atom stereocenters.